The van der Waals surface area contributed by atoms with Gasteiger partial charge in [-0.15, -0.1) is 0 Å². The number of piperazine rings is 1. The maximum absolute atomic E-state index is 12.0. The number of β-amino-alcohol motifs (C(OH)–C–C–N with tert-alkyl or cyclic N) is 1. The number of carbonyl (C=O) groups excluding carboxylic acids is 1. The van der Waals surface area contributed by atoms with E-state index in [1.807, 2.05) is 0 Å². The molecule has 0 aromatic heterocycles. The van der Waals surface area contributed by atoms with E-state index in [-0.39, 0.29) is 24.8 Å². The minimum Gasteiger partial charge on any atom is -0.484 e. The van der Waals surface area contributed by atoms with Gasteiger partial charge in [0.1, 0.15) is 5.75 Å². The molecule has 2 rings (SSSR count). The van der Waals surface area contributed by atoms with Crippen LogP contribution < -0.4 is 4.74 Å². The van der Waals surface area contributed by atoms with Crippen molar-refractivity contribution >= 4 is 11.6 Å². The number of nitrogens with zero attached hydrogens (tertiary/aromatic N) is 3. The van der Waals surface area contributed by atoms with E-state index in [1.165, 1.54) is 24.3 Å². The fraction of sp³-hybridized carbons (Fsp3) is 0.500. The van der Waals surface area contributed by atoms with Gasteiger partial charge in [-0.1, -0.05) is 0 Å². The highest BCUT2D eigenvalue weighted by molar-refractivity contribution is 5.77. The topological polar surface area (TPSA) is 96.1 Å². The number of ether oxygens (including phenoxy) is 1. The zero-order chi connectivity index (χ0) is 15.9. The Morgan fingerprint density at radius 2 is 1.86 bits per heavy atom. The maximum atomic E-state index is 12.0. The summed E-state index contributed by atoms with van der Waals surface area (Å²) in [6, 6.07) is 5.64. The predicted octanol–water partition coefficient (Wildman–Crippen LogP) is 0.110. The summed E-state index contributed by atoms with van der Waals surface area (Å²) in [4.78, 5) is 25.9. The SMILES string of the molecule is O=C(COc1ccc([N+](=O)[O-])cc1)N1CCN(CCO)CC1. The van der Waals surface area contributed by atoms with Crippen molar-refractivity contribution in [3.63, 3.8) is 0 Å². The van der Waals surface area contributed by atoms with Crippen molar-refractivity contribution in [3.05, 3.63) is 34.4 Å². The summed E-state index contributed by atoms with van der Waals surface area (Å²) in [5.74, 6) is 0.319. The van der Waals surface area contributed by atoms with Crippen LogP contribution in [0.3, 0.4) is 0 Å². The smallest absolute Gasteiger partial charge is 0.269 e. The molecule has 0 saturated carbocycles. The summed E-state index contributed by atoms with van der Waals surface area (Å²) in [7, 11) is 0. The lowest BCUT2D eigenvalue weighted by atomic mass is 10.3. The summed E-state index contributed by atoms with van der Waals surface area (Å²) in [6.07, 6.45) is 0. The molecule has 120 valence electrons. The van der Waals surface area contributed by atoms with Crippen LogP contribution in [-0.4, -0.2) is 71.7 Å². The van der Waals surface area contributed by atoms with Gasteiger partial charge in [0.2, 0.25) is 0 Å². The first-order valence-electron chi connectivity index (χ1n) is 7.08. The van der Waals surface area contributed by atoms with Crippen LogP contribution in [0.4, 0.5) is 5.69 Å². The van der Waals surface area contributed by atoms with Crippen molar-refractivity contribution in [3.8, 4) is 5.75 Å². The second-order valence-electron chi connectivity index (χ2n) is 4.99. The summed E-state index contributed by atoms with van der Waals surface area (Å²) in [6.45, 7) is 3.37. The van der Waals surface area contributed by atoms with Crippen molar-refractivity contribution in [1.82, 2.24) is 9.80 Å². The number of amides is 1. The van der Waals surface area contributed by atoms with Crippen molar-refractivity contribution in [2.75, 3.05) is 45.9 Å². The van der Waals surface area contributed by atoms with Gasteiger partial charge in [-0.25, -0.2) is 0 Å². The highest BCUT2D eigenvalue weighted by atomic mass is 16.6. The molecular weight excluding hydrogens is 290 g/mol. The highest BCUT2D eigenvalue weighted by Gasteiger charge is 2.20. The number of hydrogen-bond donors (Lipinski definition) is 1. The first-order valence-corrected chi connectivity index (χ1v) is 7.08. The lowest BCUT2D eigenvalue weighted by molar-refractivity contribution is -0.384. The number of benzene rings is 1. The molecule has 1 aromatic carbocycles. The molecule has 1 fully saturated rings. The highest BCUT2D eigenvalue weighted by Crippen LogP contribution is 2.17. The van der Waals surface area contributed by atoms with Crippen LogP contribution in [0.5, 0.6) is 5.75 Å². The second kappa shape index (κ2) is 7.71. The van der Waals surface area contributed by atoms with Gasteiger partial charge in [-0.05, 0) is 12.1 Å². The normalized spacial score (nSPS) is 15.6. The number of rotatable bonds is 6. The average molecular weight is 309 g/mol. The van der Waals surface area contributed by atoms with Gasteiger partial charge in [0.15, 0.2) is 6.61 Å². The van der Waals surface area contributed by atoms with E-state index in [9.17, 15) is 14.9 Å². The Kier molecular flexibility index (Phi) is 5.68. The maximum Gasteiger partial charge on any atom is 0.269 e. The van der Waals surface area contributed by atoms with E-state index in [2.05, 4.69) is 4.90 Å². The Morgan fingerprint density at radius 3 is 2.41 bits per heavy atom. The largest absolute Gasteiger partial charge is 0.484 e. The molecule has 1 N–H and O–H groups in total. The third-order valence-corrected chi connectivity index (χ3v) is 3.55. The number of nitro groups is 1. The minimum absolute atomic E-state index is 0.0151. The van der Waals surface area contributed by atoms with Crippen molar-refractivity contribution in [1.29, 1.82) is 0 Å². The predicted molar refractivity (Wildman–Crippen MR) is 78.7 cm³/mol. The molecule has 1 aliphatic heterocycles. The van der Waals surface area contributed by atoms with E-state index in [0.29, 0.717) is 25.4 Å². The molecule has 0 bridgehead atoms. The van der Waals surface area contributed by atoms with Crippen molar-refractivity contribution < 1.29 is 19.6 Å². The summed E-state index contributed by atoms with van der Waals surface area (Å²) >= 11 is 0. The van der Waals surface area contributed by atoms with Crippen LogP contribution >= 0.6 is 0 Å². The monoisotopic (exact) mass is 309 g/mol. The third kappa shape index (κ3) is 4.40. The lowest BCUT2D eigenvalue weighted by Gasteiger charge is -2.34. The van der Waals surface area contributed by atoms with Crippen LogP contribution in [-0.2, 0) is 4.79 Å². The standard InChI is InChI=1S/C14H19N3O5/c18-10-9-15-5-7-16(8-6-15)14(19)11-22-13-3-1-12(2-4-13)17(20)21/h1-4,18H,5-11H2. The Hall–Kier alpha value is -2.19. The molecular formula is C14H19N3O5. The Labute approximate surface area is 128 Å². The number of aliphatic hydroxyl groups excluding tert-OH is 1. The first-order chi connectivity index (χ1) is 10.6. The van der Waals surface area contributed by atoms with Crippen molar-refractivity contribution in [2.45, 2.75) is 0 Å². The number of aliphatic hydroxyl groups is 1. The number of non-ortho nitro benzene ring substituents is 1. The molecule has 0 spiro atoms. The second-order valence-corrected chi connectivity index (χ2v) is 4.99. The van der Waals surface area contributed by atoms with E-state index in [4.69, 9.17) is 9.84 Å². The summed E-state index contributed by atoms with van der Waals surface area (Å²) in [5, 5.41) is 19.4. The van der Waals surface area contributed by atoms with Crippen molar-refractivity contribution in [2.24, 2.45) is 0 Å². The zero-order valence-corrected chi connectivity index (χ0v) is 12.2. The van der Waals surface area contributed by atoms with Crippen LogP contribution in [0, 0.1) is 10.1 Å². The van der Waals surface area contributed by atoms with Gasteiger partial charge in [0.25, 0.3) is 11.6 Å². The first kappa shape index (κ1) is 16.2. The molecule has 1 saturated heterocycles. The molecule has 1 aromatic rings. The molecule has 1 heterocycles. The fourth-order valence-electron chi connectivity index (χ4n) is 2.26. The molecule has 1 amide bonds. The third-order valence-electron chi connectivity index (χ3n) is 3.55. The van der Waals surface area contributed by atoms with Crippen LogP contribution in [0.1, 0.15) is 0 Å². The molecule has 22 heavy (non-hydrogen) atoms. The Bertz CT molecular complexity index is 512. The average Bonchev–Trinajstić information content (AvgIpc) is 2.54. The van der Waals surface area contributed by atoms with E-state index >= 15 is 0 Å². The van der Waals surface area contributed by atoms with Gasteiger partial charge in [0.05, 0.1) is 11.5 Å². The van der Waals surface area contributed by atoms with Gasteiger partial charge >= 0.3 is 0 Å². The Balaban J connectivity index is 1.77. The fourth-order valence-corrected chi connectivity index (χ4v) is 2.26. The van der Waals surface area contributed by atoms with Gasteiger partial charge in [-0.2, -0.15) is 0 Å². The lowest BCUT2D eigenvalue weighted by Crippen LogP contribution is -2.50. The molecule has 8 heteroatoms. The van der Waals surface area contributed by atoms with Crippen LogP contribution in [0.2, 0.25) is 0 Å². The molecule has 8 nitrogen and oxygen atoms in total. The van der Waals surface area contributed by atoms with Gasteiger partial charge < -0.3 is 14.7 Å². The quantitative estimate of drug-likeness (QED) is 0.592. The zero-order valence-electron chi connectivity index (χ0n) is 12.2. The molecule has 0 radical (unpaired) electrons. The van der Waals surface area contributed by atoms with E-state index in [1.54, 1.807) is 4.90 Å². The van der Waals surface area contributed by atoms with E-state index in [0.717, 1.165) is 13.1 Å². The molecule has 0 aliphatic carbocycles. The van der Waals surface area contributed by atoms with E-state index < -0.39 is 4.92 Å². The van der Waals surface area contributed by atoms with Crippen LogP contribution in [0.15, 0.2) is 24.3 Å². The number of nitro benzene ring substituents is 1. The number of hydrogen-bond acceptors (Lipinski definition) is 6. The molecule has 0 unspecified atom stereocenters. The minimum atomic E-state index is -0.485. The molecule has 0 atom stereocenters. The van der Waals surface area contributed by atoms with Crippen LogP contribution in [0.25, 0.3) is 0 Å². The summed E-state index contributed by atoms with van der Waals surface area (Å²) < 4.78 is 5.36. The number of carbonyl (C=O) groups is 1. The Morgan fingerprint density at radius 1 is 1.23 bits per heavy atom. The molecule has 1 aliphatic rings. The van der Waals surface area contributed by atoms with Gasteiger partial charge in [-0.3, -0.25) is 19.8 Å². The summed E-state index contributed by atoms with van der Waals surface area (Å²) in [5.41, 5.74) is -0.0151. The van der Waals surface area contributed by atoms with Gasteiger partial charge in [0, 0.05) is 44.9 Å².